The molecule has 0 saturated carbocycles. The highest BCUT2D eigenvalue weighted by Gasteiger charge is 2.24. The van der Waals surface area contributed by atoms with Gasteiger partial charge in [0.1, 0.15) is 0 Å². The molecule has 1 unspecified atom stereocenters. The Morgan fingerprint density at radius 1 is 1.31 bits per heavy atom. The number of rotatable bonds is 7. The molecule has 0 aliphatic carbocycles. The first kappa shape index (κ1) is 18.6. The van der Waals surface area contributed by atoms with E-state index in [0.29, 0.717) is 25.6 Å². The molecular formula is C20H29N5O. The third-order valence-corrected chi connectivity index (χ3v) is 5.05. The van der Waals surface area contributed by atoms with Crippen LogP contribution >= 0.6 is 0 Å². The summed E-state index contributed by atoms with van der Waals surface area (Å²) < 4.78 is 1.95. The van der Waals surface area contributed by atoms with Crippen LogP contribution in [0.2, 0.25) is 0 Å². The summed E-state index contributed by atoms with van der Waals surface area (Å²) >= 11 is 0. The lowest BCUT2D eigenvalue weighted by molar-refractivity contribution is -0.121. The van der Waals surface area contributed by atoms with Gasteiger partial charge in [0.2, 0.25) is 5.91 Å². The third kappa shape index (κ3) is 4.71. The Morgan fingerprint density at radius 3 is 2.88 bits per heavy atom. The van der Waals surface area contributed by atoms with Crippen LogP contribution in [0.25, 0.3) is 5.69 Å². The maximum atomic E-state index is 11.7. The Bertz CT molecular complexity index is 712. The van der Waals surface area contributed by atoms with E-state index in [4.69, 9.17) is 5.73 Å². The average Bonchev–Trinajstić information content (AvgIpc) is 3.03. The lowest BCUT2D eigenvalue weighted by Crippen LogP contribution is -2.46. The first-order valence-electron chi connectivity index (χ1n) is 9.48. The summed E-state index contributed by atoms with van der Waals surface area (Å²) in [7, 11) is 0. The van der Waals surface area contributed by atoms with E-state index in [2.05, 4.69) is 40.6 Å². The Morgan fingerprint density at radius 2 is 2.12 bits per heavy atom. The van der Waals surface area contributed by atoms with Gasteiger partial charge in [-0.05, 0) is 38.4 Å². The average molecular weight is 355 g/mol. The molecule has 1 fully saturated rings. The predicted molar refractivity (Wildman–Crippen MR) is 103 cm³/mol. The molecule has 140 valence electrons. The minimum atomic E-state index is 0.0473. The number of hydrogen-bond donors (Lipinski definition) is 2. The van der Waals surface area contributed by atoms with Crippen LogP contribution < -0.4 is 11.1 Å². The van der Waals surface area contributed by atoms with Crippen LogP contribution in [0.5, 0.6) is 0 Å². The predicted octanol–water partition coefficient (Wildman–Crippen LogP) is 2.00. The summed E-state index contributed by atoms with van der Waals surface area (Å²) in [4.78, 5) is 14.2. The number of hydrogen-bond acceptors (Lipinski definition) is 4. The fourth-order valence-electron chi connectivity index (χ4n) is 3.53. The molecule has 1 aliphatic heterocycles. The van der Waals surface area contributed by atoms with Crippen molar-refractivity contribution in [3.05, 3.63) is 47.8 Å². The first-order valence-corrected chi connectivity index (χ1v) is 9.48. The summed E-state index contributed by atoms with van der Waals surface area (Å²) in [5.41, 5.74) is 8.83. The third-order valence-electron chi connectivity index (χ3n) is 5.05. The van der Waals surface area contributed by atoms with Crippen molar-refractivity contribution in [2.45, 2.75) is 45.2 Å². The number of amides is 1. The minimum Gasteiger partial charge on any atom is -0.354 e. The zero-order valence-corrected chi connectivity index (χ0v) is 15.5. The quantitative estimate of drug-likeness (QED) is 0.796. The SMILES string of the molecule is Cc1nn(-c2ccccc2)cc1CN1CCCCC1CNC(=O)CCN. The number of carbonyl (C=O) groups excluding carboxylic acids is 1. The molecule has 1 saturated heterocycles. The molecule has 0 bridgehead atoms. The number of nitrogens with two attached hydrogens (primary N) is 1. The molecule has 6 nitrogen and oxygen atoms in total. The van der Waals surface area contributed by atoms with E-state index in [0.717, 1.165) is 30.9 Å². The van der Waals surface area contributed by atoms with Gasteiger partial charge in [-0.1, -0.05) is 24.6 Å². The second kappa shape index (κ2) is 8.96. The molecule has 6 heteroatoms. The van der Waals surface area contributed by atoms with Crippen LogP contribution in [0.4, 0.5) is 0 Å². The van der Waals surface area contributed by atoms with E-state index < -0.39 is 0 Å². The Labute approximate surface area is 155 Å². The van der Waals surface area contributed by atoms with Crippen LogP contribution in [-0.4, -0.2) is 46.3 Å². The highest BCUT2D eigenvalue weighted by Crippen LogP contribution is 2.21. The topological polar surface area (TPSA) is 76.2 Å². The van der Waals surface area contributed by atoms with Crippen LogP contribution in [0, 0.1) is 6.92 Å². The van der Waals surface area contributed by atoms with Gasteiger partial charge in [0.05, 0.1) is 11.4 Å². The largest absolute Gasteiger partial charge is 0.354 e. The molecule has 2 aromatic rings. The van der Waals surface area contributed by atoms with Crippen molar-refractivity contribution in [3.63, 3.8) is 0 Å². The monoisotopic (exact) mass is 355 g/mol. The molecule has 3 N–H and O–H groups in total. The van der Waals surface area contributed by atoms with Gasteiger partial charge in [-0.15, -0.1) is 0 Å². The number of nitrogens with zero attached hydrogens (tertiary/aromatic N) is 3. The van der Waals surface area contributed by atoms with Crippen molar-refractivity contribution in [1.82, 2.24) is 20.0 Å². The molecule has 1 aromatic heterocycles. The molecule has 3 rings (SSSR count). The molecule has 0 radical (unpaired) electrons. The fourth-order valence-corrected chi connectivity index (χ4v) is 3.53. The standard InChI is InChI=1S/C20H29N5O/c1-16-17(15-25(23-16)18-7-3-2-4-8-18)14-24-12-6-5-9-19(24)13-22-20(26)10-11-21/h2-4,7-8,15,19H,5-6,9-14,21H2,1H3,(H,22,26). The zero-order chi connectivity index (χ0) is 18.4. The first-order chi connectivity index (χ1) is 12.7. The van der Waals surface area contributed by atoms with Crippen LogP contribution in [0.1, 0.15) is 36.9 Å². The molecule has 1 aliphatic rings. The molecule has 2 heterocycles. The van der Waals surface area contributed by atoms with E-state index in [9.17, 15) is 4.79 Å². The Kier molecular flexibility index (Phi) is 6.41. The van der Waals surface area contributed by atoms with Gasteiger partial charge >= 0.3 is 0 Å². The molecule has 1 atom stereocenters. The van der Waals surface area contributed by atoms with Crippen molar-refractivity contribution >= 4 is 5.91 Å². The van der Waals surface area contributed by atoms with E-state index >= 15 is 0 Å². The van der Waals surface area contributed by atoms with Crippen molar-refractivity contribution in [1.29, 1.82) is 0 Å². The van der Waals surface area contributed by atoms with Crippen molar-refractivity contribution in [2.24, 2.45) is 5.73 Å². The highest BCUT2D eigenvalue weighted by molar-refractivity contribution is 5.76. The summed E-state index contributed by atoms with van der Waals surface area (Å²) in [6, 6.07) is 10.6. The van der Waals surface area contributed by atoms with Gasteiger partial charge in [-0.2, -0.15) is 5.10 Å². The van der Waals surface area contributed by atoms with Crippen molar-refractivity contribution in [2.75, 3.05) is 19.6 Å². The summed E-state index contributed by atoms with van der Waals surface area (Å²) in [5, 5.41) is 7.71. The second-order valence-electron chi connectivity index (χ2n) is 6.98. The lowest BCUT2D eigenvalue weighted by Gasteiger charge is -2.35. The number of aryl methyl sites for hydroxylation is 1. The van der Waals surface area contributed by atoms with Gasteiger partial charge in [0, 0.05) is 43.9 Å². The normalized spacial score (nSPS) is 18.0. The Hall–Kier alpha value is -2.18. The second-order valence-corrected chi connectivity index (χ2v) is 6.98. The molecular weight excluding hydrogens is 326 g/mol. The number of carbonyl (C=O) groups is 1. The number of nitrogens with one attached hydrogen (secondary N) is 1. The molecule has 0 spiro atoms. The number of aromatic nitrogens is 2. The molecule has 1 aromatic carbocycles. The summed E-state index contributed by atoms with van der Waals surface area (Å²) in [5.74, 6) is 0.0473. The van der Waals surface area contributed by atoms with Gasteiger partial charge in [-0.3, -0.25) is 9.69 Å². The van der Waals surface area contributed by atoms with Gasteiger partial charge in [0.15, 0.2) is 0 Å². The minimum absolute atomic E-state index is 0.0473. The number of benzene rings is 1. The van der Waals surface area contributed by atoms with Crippen LogP contribution in [-0.2, 0) is 11.3 Å². The fraction of sp³-hybridized carbons (Fsp3) is 0.500. The molecule has 26 heavy (non-hydrogen) atoms. The van der Waals surface area contributed by atoms with Gasteiger partial charge < -0.3 is 11.1 Å². The smallest absolute Gasteiger partial charge is 0.221 e. The van der Waals surface area contributed by atoms with E-state index in [-0.39, 0.29) is 5.91 Å². The summed E-state index contributed by atoms with van der Waals surface area (Å²) in [6.07, 6.45) is 6.07. The maximum Gasteiger partial charge on any atom is 0.221 e. The van der Waals surface area contributed by atoms with E-state index in [1.165, 1.54) is 18.4 Å². The van der Waals surface area contributed by atoms with E-state index in [1.54, 1.807) is 0 Å². The van der Waals surface area contributed by atoms with Crippen molar-refractivity contribution < 1.29 is 4.79 Å². The van der Waals surface area contributed by atoms with Crippen LogP contribution in [0.3, 0.4) is 0 Å². The maximum absolute atomic E-state index is 11.7. The van der Waals surface area contributed by atoms with Crippen LogP contribution in [0.15, 0.2) is 36.5 Å². The number of piperidine rings is 1. The Balaban J connectivity index is 1.66. The highest BCUT2D eigenvalue weighted by atomic mass is 16.1. The number of likely N-dealkylation sites (tertiary alicyclic amines) is 1. The van der Waals surface area contributed by atoms with Crippen molar-refractivity contribution in [3.8, 4) is 5.69 Å². The van der Waals surface area contributed by atoms with Gasteiger partial charge in [0.25, 0.3) is 0 Å². The lowest BCUT2D eigenvalue weighted by atomic mass is 10.0. The number of para-hydroxylation sites is 1. The zero-order valence-electron chi connectivity index (χ0n) is 15.5. The molecule has 1 amide bonds. The summed E-state index contributed by atoms with van der Waals surface area (Å²) in [6.45, 7) is 5.10. The van der Waals surface area contributed by atoms with E-state index in [1.807, 2.05) is 22.9 Å². The van der Waals surface area contributed by atoms with Gasteiger partial charge in [-0.25, -0.2) is 4.68 Å².